The molecule has 2 aromatic rings. The lowest BCUT2D eigenvalue weighted by Gasteiger charge is -2.18. The van der Waals surface area contributed by atoms with Crippen molar-refractivity contribution in [1.82, 2.24) is 19.4 Å². The molecule has 0 radical (unpaired) electrons. The lowest BCUT2D eigenvalue weighted by atomic mass is 10.0. The molecule has 1 saturated heterocycles. The normalized spacial score (nSPS) is 22.3. The predicted octanol–water partition coefficient (Wildman–Crippen LogP) is 2.86. The van der Waals surface area contributed by atoms with Crippen molar-refractivity contribution in [3.63, 3.8) is 0 Å². The molecule has 23 heavy (non-hydrogen) atoms. The van der Waals surface area contributed by atoms with E-state index in [1.165, 1.54) is 25.7 Å². The number of aryl methyl sites for hydroxylation is 1. The molecular formula is C18H24N4O. The van der Waals surface area contributed by atoms with Gasteiger partial charge in [-0.1, -0.05) is 12.8 Å². The molecule has 5 heteroatoms. The quantitative estimate of drug-likeness (QED) is 0.875. The fourth-order valence-corrected chi connectivity index (χ4v) is 4.19. The largest absolute Gasteiger partial charge is 0.342 e. The maximum atomic E-state index is 12.5. The molecular weight excluding hydrogens is 288 g/mol. The van der Waals surface area contributed by atoms with Gasteiger partial charge in [-0.05, 0) is 37.3 Å². The molecule has 2 aromatic heterocycles. The first-order valence-electron chi connectivity index (χ1n) is 8.77. The summed E-state index contributed by atoms with van der Waals surface area (Å²) in [5, 5.41) is 0. The van der Waals surface area contributed by atoms with Crippen LogP contribution in [0.4, 0.5) is 0 Å². The Morgan fingerprint density at radius 3 is 2.91 bits per heavy atom. The Hall–Kier alpha value is -1.91. The number of hydrogen-bond donors (Lipinski definition) is 0. The second kappa shape index (κ2) is 5.95. The fourth-order valence-electron chi connectivity index (χ4n) is 4.19. The molecule has 0 aromatic carbocycles. The topological polar surface area (TPSA) is 51.0 Å². The van der Waals surface area contributed by atoms with Gasteiger partial charge in [0, 0.05) is 38.7 Å². The van der Waals surface area contributed by atoms with Crippen LogP contribution in [0.2, 0.25) is 0 Å². The van der Waals surface area contributed by atoms with E-state index in [1.54, 1.807) is 6.20 Å². The molecule has 5 nitrogen and oxygen atoms in total. The van der Waals surface area contributed by atoms with E-state index in [9.17, 15) is 4.79 Å². The molecule has 3 heterocycles. The predicted molar refractivity (Wildman–Crippen MR) is 89.0 cm³/mol. The standard InChI is InChI=1S/C18H24N4O/c1-21-17(20-15-7-4-9-19-18(15)21)14-8-10-22(12-14)16(23)11-13-5-2-3-6-13/h4,7,9,13-14H,2-3,5-6,8,10-12H2,1H3/t14-/m1/s1. The first kappa shape index (κ1) is 14.7. The lowest BCUT2D eigenvalue weighted by molar-refractivity contribution is -0.131. The number of carbonyl (C=O) groups is 1. The maximum Gasteiger partial charge on any atom is 0.222 e. The minimum Gasteiger partial charge on any atom is -0.342 e. The van der Waals surface area contributed by atoms with Gasteiger partial charge in [0.15, 0.2) is 5.65 Å². The van der Waals surface area contributed by atoms with Crippen molar-refractivity contribution in [3.8, 4) is 0 Å². The molecule has 0 N–H and O–H groups in total. The maximum absolute atomic E-state index is 12.5. The van der Waals surface area contributed by atoms with Crippen LogP contribution >= 0.6 is 0 Å². The summed E-state index contributed by atoms with van der Waals surface area (Å²) in [7, 11) is 2.03. The summed E-state index contributed by atoms with van der Waals surface area (Å²) < 4.78 is 2.09. The molecule has 1 aliphatic carbocycles. The van der Waals surface area contributed by atoms with Gasteiger partial charge in [0.05, 0.1) is 0 Å². The molecule has 1 saturated carbocycles. The van der Waals surface area contributed by atoms with E-state index in [0.29, 0.717) is 17.7 Å². The Bertz CT molecular complexity index is 717. The molecule has 0 spiro atoms. The molecule has 1 amide bonds. The summed E-state index contributed by atoms with van der Waals surface area (Å²) in [4.78, 5) is 23.7. The van der Waals surface area contributed by atoms with Crippen molar-refractivity contribution < 1.29 is 4.79 Å². The number of hydrogen-bond acceptors (Lipinski definition) is 3. The summed E-state index contributed by atoms with van der Waals surface area (Å²) in [5.74, 6) is 2.37. The van der Waals surface area contributed by atoms with E-state index in [-0.39, 0.29) is 0 Å². The third kappa shape index (κ3) is 2.73. The van der Waals surface area contributed by atoms with Crippen molar-refractivity contribution in [2.75, 3.05) is 13.1 Å². The van der Waals surface area contributed by atoms with Crippen LogP contribution in [0.1, 0.15) is 50.3 Å². The highest BCUT2D eigenvalue weighted by Crippen LogP contribution is 2.31. The van der Waals surface area contributed by atoms with Crippen LogP contribution in [0.5, 0.6) is 0 Å². The molecule has 122 valence electrons. The van der Waals surface area contributed by atoms with E-state index in [2.05, 4.69) is 14.5 Å². The number of nitrogens with zero attached hydrogens (tertiary/aromatic N) is 4. The Kier molecular flexibility index (Phi) is 3.79. The van der Waals surface area contributed by atoms with Crippen LogP contribution < -0.4 is 0 Å². The number of pyridine rings is 1. The number of fused-ring (bicyclic) bond motifs is 1. The third-order valence-corrected chi connectivity index (χ3v) is 5.51. The molecule has 2 aliphatic rings. The number of carbonyl (C=O) groups excluding carboxylic acids is 1. The van der Waals surface area contributed by atoms with Crippen molar-refractivity contribution in [3.05, 3.63) is 24.2 Å². The second-order valence-corrected chi connectivity index (χ2v) is 7.06. The van der Waals surface area contributed by atoms with Crippen molar-refractivity contribution in [2.24, 2.45) is 13.0 Å². The van der Waals surface area contributed by atoms with Gasteiger partial charge < -0.3 is 9.47 Å². The fraction of sp³-hybridized carbons (Fsp3) is 0.611. The Morgan fingerprint density at radius 2 is 2.13 bits per heavy atom. The Labute approximate surface area is 136 Å². The van der Waals surface area contributed by atoms with Crippen molar-refractivity contribution in [2.45, 2.75) is 44.4 Å². The SMILES string of the molecule is Cn1c([C@@H]2CCN(C(=O)CC3CCCC3)C2)nc2cccnc21. The van der Waals surface area contributed by atoms with Gasteiger partial charge >= 0.3 is 0 Å². The smallest absolute Gasteiger partial charge is 0.222 e. The average molecular weight is 312 g/mol. The van der Waals surface area contributed by atoms with Crippen LogP contribution in [-0.2, 0) is 11.8 Å². The van der Waals surface area contributed by atoms with Gasteiger partial charge in [0.2, 0.25) is 5.91 Å². The van der Waals surface area contributed by atoms with Crippen LogP contribution in [0.3, 0.4) is 0 Å². The Morgan fingerprint density at radius 1 is 1.30 bits per heavy atom. The number of amides is 1. The monoisotopic (exact) mass is 312 g/mol. The lowest BCUT2D eigenvalue weighted by Crippen LogP contribution is -2.29. The molecule has 0 bridgehead atoms. The highest BCUT2D eigenvalue weighted by atomic mass is 16.2. The molecule has 1 aliphatic heterocycles. The minimum absolute atomic E-state index is 0.335. The number of likely N-dealkylation sites (tertiary alicyclic amines) is 1. The zero-order valence-electron chi connectivity index (χ0n) is 13.7. The molecule has 2 fully saturated rings. The van der Waals surface area contributed by atoms with Gasteiger partial charge in [0.25, 0.3) is 0 Å². The van der Waals surface area contributed by atoms with E-state index in [0.717, 1.165) is 42.9 Å². The van der Waals surface area contributed by atoms with E-state index < -0.39 is 0 Å². The van der Waals surface area contributed by atoms with Crippen LogP contribution in [-0.4, -0.2) is 38.4 Å². The summed E-state index contributed by atoms with van der Waals surface area (Å²) in [6, 6.07) is 3.93. The first-order chi connectivity index (χ1) is 11.2. The van der Waals surface area contributed by atoms with Gasteiger partial charge in [-0.25, -0.2) is 9.97 Å². The van der Waals surface area contributed by atoms with Crippen molar-refractivity contribution >= 4 is 17.1 Å². The number of imidazole rings is 1. The van der Waals surface area contributed by atoms with E-state index in [1.807, 2.05) is 19.2 Å². The summed E-state index contributed by atoms with van der Waals surface area (Å²) in [5.41, 5.74) is 1.87. The van der Waals surface area contributed by atoms with E-state index in [4.69, 9.17) is 4.98 Å². The van der Waals surface area contributed by atoms with Crippen LogP contribution in [0, 0.1) is 5.92 Å². The molecule has 0 unspecified atom stereocenters. The third-order valence-electron chi connectivity index (χ3n) is 5.51. The van der Waals surface area contributed by atoms with Gasteiger partial charge in [-0.3, -0.25) is 4.79 Å². The van der Waals surface area contributed by atoms with Crippen LogP contribution in [0.25, 0.3) is 11.2 Å². The van der Waals surface area contributed by atoms with Crippen LogP contribution in [0.15, 0.2) is 18.3 Å². The second-order valence-electron chi connectivity index (χ2n) is 7.06. The highest BCUT2D eigenvalue weighted by Gasteiger charge is 2.31. The van der Waals surface area contributed by atoms with E-state index >= 15 is 0 Å². The average Bonchev–Trinajstić information content (AvgIpc) is 3.28. The summed E-state index contributed by atoms with van der Waals surface area (Å²) in [6.07, 6.45) is 8.63. The Balaban J connectivity index is 1.46. The number of aromatic nitrogens is 3. The van der Waals surface area contributed by atoms with Gasteiger partial charge in [-0.15, -0.1) is 0 Å². The summed E-state index contributed by atoms with van der Waals surface area (Å²) in [6.45, 7) is 1.68. The minimum atomic E-state index is 0.335. The molecule has 1 atom stereocenters. The zero-order chi connectivity index (χ0) is 15.8. The first-order valence-corrected chi connectivity index (χ1v) is 8.77. The molecule has 4 rings (SSSR count). The zero-order valence-corrected chi connectivity index (χ0v) is 13.7. The van der Waals surface area contributed by atoms with Gasteiger partial charge in [-0.2, -0.15) is 0 Å². The summed E-state index contributed by atoms with van der Waals surface area (Å²) >= 11 is 0. The highest BCUT2D eigenvalue weighted by molar-refractivity contribution is 5.77. The number of rotatable bonds is 3. The van der Waals surface area contributed by atoms with Gasteiger partial charge in [0.1, 0.15) is 11.3 Å². The van der Waals surface area contributed by atoms with Crippen molar-refractivity contribution in [1.29, 1.82) is 0 Å².